The summed E-state index contributed by atoms with van der Waals surface area (Å²) in [6.07, 6.45) is 1.23. The minimum Gasteiger partial charge on any atom is -0.328 e. The topological polar surface area (TPSA) is 72.3 Å². The lowest BCUT2D eigenvalue weighted by Gasteiger charge is -2.16. The first-order chi connectivity index (χ1) is 7.99. The first kappa shape index (κ1) is 12.1. The van der Waals surface area contributed by atoms with Crippen molar-refractivity contribution in [2.45, 2.75) is 31.8 Å². The van der Waals surface area contributed by atoms with E-state index in [1.807, 2.05) is 25.1 Å². The fourth-order valence-electron chi connectivity index (χ4n) is 2.26. The van der Waals surface area contributed by atoms with E-state index in [4.69, 9.17) is 11.5 Å². The molecule has 1 aliphatic heterocycles. The van der Waals surface area contributed by atoms with Gasteiger partial charge in [0, 0.05) is 24.8 Å². The predicted octanol–water partition coefficient (Wildman–Crippen LogP) is 0.943. The number of likely N-dealkylation sites (N-methyl/N-ethyl adjacent to an activating group) is 1. The van der Waals surface area contributed by atoms with Crippen molar-refractivity contribution in [1.82, 2.24) is 0 Å². The maximum absolute atomic E-state index is 11.6. The van der Waals surface area contributed by atoms with Crippen LogP contribution >= 0.6 is 0 Å². The number of carbonyl (C=O) groups excluding carboxylic acids is 1. The standard InChI is InChI=1S/C13H19N3O/c1-8(14)5-11(15)9-3-4-12-10(6-9)7-13(17)16(12)2/h3-4,6,8,11H,5,7,14-15H2,1-2H3. The van der Waals surface area contributed by atoms with Crippen LogP contribution in [-0.2, 0) is 11.2 Å². The molecule has 4 nitrogen and oxygen atoms in total. The van der Waals surface area contributed by atoms with Crippen molar-refractivity contribution in [2.75, 3.05) is 11.9 Å². The van der Waals surface area contributed by atoms with Crippen LogP contribution in [0.4, 0.5) is 5.69 Å². The number of hydrogen-bond donors (Lipinski definition) is 2. The normalized spacial score (nSPS) is 18.1. The van der Waals surface area contributed by atoms with Gasteiger partial charge in [0.25, 0.3) is 0 Å². The molecule has 17 heavy (non-hydrogen) atoms. The molecule has 2 unspecified atom stereocenters. The van der Waals surface area contributed by atoms with Gasteiger partial charge in [0.2, 0.25) is 5.91 Å². The summed E-state index contributed by atoms with van der Waals surface area (Å²) in [6.45, 7) is 1.95. The molecule has 0 bridgehead atoms. The van der Waals surface area contributed by atoms with Crippen LogP contribution in [0.3, 0.4) is 0 Å². The molecule has 2 rings (SSSR count). The molecule has 1 amide bonds. The van der Waals surface area contributed by atoms with Crippen LogP contribution in [0.1, 0.15) is 30.5 Å². The van der Waals surface area contributed by atoms with Gasteiger partial charge in [-0.25, -0.2) is 0 Å². The molecule has 1 aromatic carbocycles. The second kappa shape index (κ2) is 4.47. The maximum atomic E-state index is 11.6. The molecule has 2 atom stereocenters. The highest BCUT2D eigenvalue weighted by Crippen LogP contribution is 2.30. The van der Waals surface area contributed by atoms with E-state index in [0.29, 0.717) is 6.42 Å². The summed E-state index contributed by atoms with van der Waals surface area (Å²) in [5.41, 5.74) is 14.9. The van der Waals surface area contributed by atoms with Gasteiger partial charge >= 0.3 is 0 Å². The third-order valence-corrected chi connectivity index (χ3v) is 3.23. The lowest BCUT2D eigenvalue weighted by atomic mass is 9.98. The minimum atomic E-state index is -0.0543. The molecule has 4 N–H and O–H groups in total. The van der Waals surface area contributed by atoms with Gasteiger partial charge in [0.05, 0.1) is 6.42 Å². The van der Waals surface area contributed by atoms with Crippen LogP contribution in [-0.4, -0.2) is 19.0 Å². The third kappa shape index (κ3) is 2.33. The van der Waals surface area contributed by atoms with E-state index in [2.05, 4.69) is 0 Å². The number of nitrogens with two attached hydrogens (primary N) is 2. The molecule has 1 heterocycles. The number of hydrogen-bond acceptors (Lipinski definition) is 3. The minimum absolute atomic E-state index is 0.0543. The molecule has 0 fully saturated rings. The highest BCUT2D eigenvalue weighted by atomic mass is 16.2. The van der Waals surface area contributed by atoms with Crippen molar-refractivity contribution in [3.05, 3.63) is 29.3 Å². The molecule has 1 aliphatic rings. The van der Waals surface area contributed by atoms with Gasteiger partial charge in [-0.2, -0.15) is 0 Å². The third-order valence-electron chi connectivity index (χ3n) is 3.23. The summed E-state index contributed by atoms with van der Waals surface area (Å²) in [5.74, 6) is 0.137. The summed E-state index contributed by atoms with van der Waals surface area (Å²) in [7, 11) is 1.80. The van der Waals surface area contributed by atoms with Crippen LogP contribution in [0.2, 0.25) is 0 Å². The molecule has 0 aromatic heterocycles. The van der Waals surface area contributed by atoms with Gasteiger partial charge in [0.1, 0.15) is 0 Å². The Kier molecular flexibility index (Phi) is 3.17. The second-order valence-electron chi connectivity index (χ2n) is 4.84. The Balaban J connectivity index is 2.24. The molecule has 0 radical (unpaired) electrons. The van der Waals surface area contributed by atoms with Crippen molar-refractivity contribution in [3.63, 3.8) is 0 Å². The largest absolute Gasteiger partial charge is 0.328 e. The molecular formula is C13H19N3O. The van der Waals surface area contributed by atoms with Crippen molar-refractivity contribution >= 4 is 11.6 Å². The van der Waals surface area contributed by atoms with E-state index in [9.17, 15) is 4.79 Å². The van der Waals surface area contributed by atoms with E-state index in [-0.39, 0.29) is 18.0 Å². The van der Waals surface area contributed by atoms with Crippen molar-refractivity contribution in [3.8, 4) is 0 Å². The van der Waals surface area contributed by atoms with E-state index < -0.39 is 0 Å². The Morgan fingerprint density at radius 3 is 2.76 bits per heavy atom. The molecule has 0 aliphatic carbocycles. The molecule has 4 heteroatoms. The summed E-state index contributed by atoms with van der Waals surface area (Å²) >= 11 is 0. The zero-order valence-corrected chi connectivity index (χ0v) is 10.3. The Labute approximate surface area is 102 Å². The van der Waals surface area contributed by atoms with Gasteiger partial charge in [-0.3, -0.25) is 4.79 Å². The fraction of sp³-hybridized carbons (Fsp3) is 0.462. The lowest BCUT2D eigenvalue weighted by Crippen LogP contribution is -2.23. The SMILES string of the molecule is CC(N)CC(N)c1ccc2c(c1)CC(=O)N2C. The van der Waals surface area contributed by atoms with Crippen LogP contribution < -0.4 is 16.4 Å². The number of nitrogens with zero attached hydrogens (tertiary/aromatic N) is 1. The van der Waals surface area contributed by atoms with Crippen molar-refractivity contribution in [2.24, 2.45) is 11.5 Å². The van der Waals surface area contributed by atoms with Crippen LogP contribution in [0, 0.1) is 0 Å². The summed E-state index contributed by atoms with van der Waals surface area (Å²) < 4.78 is 0. The molecule has 0 spiro atoms. The number of amides is 1. The second-order valence-corrected chi connectivity index (χ2v) is 4.84. The smallest absolute Gasteiger partial charge is 0.231 e. The van der Waals surface area contributed by atoms with Crippen LogP contribution in [0.5, 0.6) is 0 Å². The highest BCUT2D eigenvalue weighted by Gasteiger charge is 2.24. The van der Waals surface area contributed by atoms with Crippen LogP contribution in [0.15, 0.2) is 18.2 Å². The summed E-state index contributed by atoms with van der Waals surface area (Å²) in [5, 5.41) is 0. The van der Waals surface area contributed by atoms with Crippen molar-refractivity contribution in [1.29, 1.82) is 0 Å². The first-order valence-corrected chi connectivity index (χ1v) is 5.89. The number of carbonyl (C=O) groups is 1. The Bertz CT molecular complexity index is 442. The Hall–Kier alpha value is -1.39. The number of anilines is 1. The highest BCUT2D eigenvalue weighted by molar-refractivity contribution is 6.00. The fourth-order valence-corrected chi connectivity index (χ4v) is 2.26. The zero-order valence-electron chi connectivity index (χ0n) is 10.3. The summed E-state index contributed by atoms with van der Waals surface area (Å²) in [4.78, 5) is 13.3. The number of benzene rings is 1. The van der Waals surface area contributed by atoms with E-state index >= 15 is 0 Å². The summed E-state index contributed by atoms with van der Waals surface area (Å²) in [6, 6.07) is 6.02. The quantitative estimate of drug-likeness (QED) is 0.816. The molecular weight excluding hydrogens is 214 g/mol. The maximum Gasteiger partial charge on any atom is 0.231 e. The number of rotatable bonds is 3. The molecule has 1 aromatic rings. The lowest BCUT2D eigenvalue weighted by molar-refractivity contribution is -0.117. The first-order valence-electron chi connectivity index (χ1n) is 5.89. The zero-order chi connectivity index (χ0) is 12.6. The van der Waals surface area contributed by atoms with Gasteiger partial charge in [-0.05, 0) is 30.5 Å². The average Bonchev–Trinajstić information content (AvgIpc) is 2.53. The van der Waals surface area contributed by atoms with Gasteiger partial charge in [0.15, 0.2) is 0 Å². The molecule has 92 valence electrons. The molecule has 0 saturated carbocycles. The van der Waals surface area contributed by atoms with E-state index in [1.165, 1.54) is 0 Å². The Morgan fingerprint density at radius 1 is 1.41 bits per heavy atom. The molecule has 0 saturated heterocycles. The van der Waals surface area contributed by atoms with Gasteiger partial charge < -0.3 is 16.4 Å². The van der Waals surface area contributed by atoms with Crippen molar-refractivity contribution < 1.29 is 4.79 Å². The number of fused-ring (bicyclic) bond motifs is 1. The van der Waals surface area contributed by atoms with Gasteiger partial charge in [-0.15, -0.1) is 0 Å². The Morgan fingerprint density at radius 2 is 2.12 bits per heavy atom. The van der Waals surface area contributed by atoms with Gasteiger partial charge in [-0.1, -0.05) is 12.1 Å². The average molecular weight is 233 g/mol. The monoisotopic (exact) mass is 233 g/mol. The van der Waals surface area contributed by atoms with E-state index in [0.717, 1.165) is 23.2 Å². The van der Waals surface area contributed by atoms with Crippen LogP contribution in [0.25, 0.3) is 0 Å². The van der Waals surface area contributed by atoms with E-state index in [1.54, 1.807) is 11.9 Å². The predicted molar refractivity (Wildman–Crippen MR) is 68.8 cm³/mol.